The van der Waals surface area contributed by atoms with Gasteiger partial charge in [0.25, 0.3) is 0 Å². The Hall–Kier alpha value is 1.51. The van der Waals surface area contributed by atoms with Crippen molar-refractivity contribution in [2.75, 3.05) is 5.88 Å². The van der Waals surface area contributed by atoms with E-state index >= 15 is 0 Å². The van der Waals surface area contributed by atoms with Gasteiger partial charge in [0, 0.05) is 5.88 Å². The number of hydrogen-bond donors (Lipinski definition) is 1. The molecule has 0 aromatic rings. The van der Waals surface area contributed by atoms with Crippen LogP contribution in [0.3, 0.4) is 0 Å². The molecule has 0 aromatic carbocycles. The molecule has 0 amide bonds. The molecule has 1 N–H and O–H groups in total. The van der Waals surface area contributed by atoms with E-state index in [-0.39, 0.29) is 46.7 Å². The molecule has 0 aliphatic heterocycles. The summed E-state index contributed by atoms with van der Waals surface area (Å²) in [6.45, 7) is 1.65. The second kappa shape index (κ2) is 6.51. The zero-order chi connectivity index (χ0) is 4.28. The van der Waals surface area contributed by atoms with Crippen LogP contribution in [0.25, 0.3) is 0 Å². The number of alkyl halides is 1. The molecule has 0 saturated heterocycles. The molecular formula is C3H9CaClO. The van der Waals surface area contributed by atoms with Crippen molar-refractivity contribution in [2.24, 2.45) is 0 Å². The number of aliphatic hydroxyl groups is 1. The Morgan fingerprint density at radius 1 is 2.00 bits per heavy atom. The third kappa shape index (κ3) is 9.10. The van der Waals surface area contributed by atoms with Gasteiger partial charge in [-0.2, -0.15) is 0 Å². The van der Waals surface area contributed by atoms with Crippen LogP contribution in [-0.2, 0) is 0 Å². The summed E-state index contributed by atoms with van der Waals surface area (Å²) < 4.78 is 0. The average molecular weight is 137 g/mol. The molecule has 0 aliphatic carbocycles. The van der Waals surface area contributed by atoms with Gasteiger partial charge in [0.15, 0.2) is 0 Å². The smallest absolute Gasteiger partial charge is 1.00 e. The molecular weight excluding hydrogens is 128 g/mol. The number of hydrogen-bond acceptors (Lipinski definition) is 1. The minimum atomic E-state index is -0.350. The van der Waals surface area contributed by atoms with Crippen LogP contribution in [-0.4, -0.2) is 54.8 Å². The fraction of sp³-hybridized carbons (Fsp3) is 1.00. The Labute approximate surface area is 75.7 Å². The monoisotopic (exact) mass is 136 g/mol. The summed E-state index contributed by atoms with van der Waals surface area (Å²) in [5.41, 5.74) is 0. The molecule has 3 heteroatoms. The van der Waals surface area contributed by atoms with Gasteiger partial charge in [-0.25, -0.2) is 0 Å². The van der Waals surface area contributed by atoms with Crippen LogP contribution in [0.2, 0.25) is 0 Å². The molecule has 0 fully saturated rings. The Morgan fingerprint density at radius 3 is 2.17 bits per heavy atom. The van der Waals surface area contributed by atoms with Gasteiger partial charge in [-0.05, 0) is 6.92 Å². The molecule has 1 unspecified atom stereocenters. The van der Waals surface area contributed by atoms with Crippen LogP contribution >= 0.6 is 11.6 Å². The third-order valence-corrected chi connectivity index (χ3v) is 0.670. The molecule has 0 rings (SSSR count). The first-order chi connectivity index (χ1) is 2.27. The third-order valence-electron chi connectivity index (χ3n) is 0.223. The van der Waals surface area contributed by atoms with Crippen LogP contribution in [0.5, 0.6) is 0 Å². The van der Waals surface area contributed by atoms with E-state index in [4.69, 9.17) is 16.7 Å². The van der Waals surface area contributed by atoms with Crippen molar-refractivity contribution in [3.63, 3.8) is 0 Å². The zero-order valence-electron chi connectivity index (χ0n) is 5.82. The van der Waals surface area contributed by atoms with E-state index in [2.05, 4.69) is 0 Å². The van der Waals surface area contributed by atoms with E-state index < -0.39 is 0 Å². The van der Waals surface area contributed by atoms with Crippen LogP contribution in [0.4, 0.5) is 0 Å². The summed E-state index contributed by atoms with van der Waals surface area (Å²) in [4.78, 5) is 0. The van der Waals surface area contributed by atoms with Crippen molar-refractivity contribution in [1.29, 1.82) is 0 Å². The molecule has 0 aromatic heterocycles. The largest absolute Gasteiger partial charge is 2.00 e. The van der Waals surface area contributed by atoms with Crippen LogP contribution in [0, 0.1) is 0 Å². The van der Waals surface area contributed by atoms with Gasteiger partial charge in [-0.15, -0.1) is 11.6 Å². The topological polar surface area (TPSA) is 20.2 Å². The fourth-order valence-corrected chi connectivity index (χ4v) is 0. The minimum absolute atomic E-state index is 0. The molecule has 36 valence electrons. The predicted molar refractivity (Wildman–Crippen MR) is 30.4 cm³/mol. The van der Waals surface area contributed by atoms with E-state index in [1.165, 1.54) is 0 Å². The maximum atomic E-state index is 8.23. The molecule has 0 spiro atoms. The molecule has 0 heterocycles. The Morgan fingerprint density at radius 2 is 2.17 bits per heavy atom. The maximum absolute atomic E-state index is 8.23. The molecule has 0 bridgehead atoms. The van der Waals surface area contributed by atoms with Gasteiger partial charge in [-0.3, -0.25) is 0 Å². The normalized spacial score (nSPS) is 12.5. The summed E-state index contributed by atoms with van der Waals surface area (Å²) in [5, 5.41) is 8.23. The van der Waals surface area contributed by atoms with E-state index in [0.717, 1.165) is 0 Å². The summed E-state index contributed by atoms with van der Waals surface area (Å²) in [5.74, 6) is 0.333. The summed E-state index contributed by atoms with van der Waals surface area (Å²) in [6.07, 6.45) is -0.350. The van der Waals surface area contributed by atoms with Crippen molar-refractivity contribution in [1.82, 2.24) is 0 Å². The van der Waals surface area contributed by atoms with Crippen molar-refractivity contribution < 1.29 is 7.96 Å². The van der Waals surface area contributed by atoms with Gasteiger partial charge >= 0.3 is 37.7 Å². The number of rotatable bonds is 1. The quantitative estimate of drug-likeness (QED) is 0.410. The van der Waals surface area contributed by atoms with Crippen molar-refractivity contribution in [3.8, 4) is 0 Å². The van der Waals surface area contributed by atoms with Gasteiger partial charge in [0.1, 0.15) is 0 Å². The van der Waals surface area contributed by atoms with E-state index in [1.807, 2.05) is 0 Å². The Bertz CT molecular complexity index is 31.2. The Balaban J connectivity index is -0.0000000267. The zero-order valence-corrected chi connectivity index (χ0v) is 6.78. The molecule has 0 aliphatic rings. The van der Waals surface area contributed by atoms with Crippen LogP contribution in [0.15, 0.2) is 0 Å². The van der Waals surface area contributed by atoms with Gasteiger partial charge in [0.05, 0.1) is 6.10 Å². The van der Waals surface area contributed by atoms with Crippen molar-refractivity contribution in [2.45, 2.75) is 13.0 Å². The summed E-state index contributed by atoms with van der Waals surface area (Å²) in [6, 6.07) is 0. The van der Waals surface area contributed by atoms with Gasteiger partial charge in [-0.1, -0.05) is 0 Å². The van der Waals surface area contributed by atoms with Crippen molar-refractivity contribution >= 4 is 49.3 Å². The first-order valence-corrected chi connectivity index (χ1v) is 2.05. The van der Waals surface area contributed by atoms with E-state index in [1.54, 1.807) is 6.92 Å². The van der Waals surface area contributed by atoms with Crippen LogP contribution < -0.4 is 0 Å². The molecule has 0 radical (unpaired) electrons. The van der Waals surface area contributed by atoms with Gasteiger partial charge < -0.3 is 7.96 Å². The van der Waals surface area contributed by atoms with E-state index in [9.17, 15) is 0 Å². The first kappa shape index (κ1) is 10.5. The van der Waals surface area contributed by atoms with Crippen molar-refractivity contribution in [3.05, 3.63) is 0 Å². The maximum Gasteiger partial charge on any atom is 2.00 e. The standard InChI is InChI=1S/C3H7ClO.Ca.2H/c1-3(5)2-4;;;/h3,5H,2H2,1H3;;;/q;+2;2*-1. The molecule has 1 nitrogen and oxygen atoms in total. The minimum Gasteiger partial charge on any atom is -1.00 e. The summed E-state index contributed by atoms with van der Waals surface area (Å²) in [7, 11) is 0. The fourth-order valence-electron chi connectivity index (χ4n) is 0. The SMILES string of the molecule is CC(O)CCl.[Ca+2].[H-].[H-]. The number of aliphatic hydroxyl groups excluding tert-OH is 1. The van der Waals surface area contributed by atoms with Crippen LogP contribution in [0.1, 0.15) is 9.78 Å². The molecule has 6 heavy (non-hydrogen) atoms. The summed E-state index contributed by atoms with van der Waals surface area (Å²) >= 11 is 5.09. The second-order valence-corrected chi connectivity index (χ2v) is 1.31. The Kier molecular flexibility index (Phi) is 11.4. The first-order valence-electron chi connectivity index (χ1n) is 1.51. The molecule has 1 atom stereocenters. The predicted octanol–water partition coefficient (Wildman–Crippen LogP) is 0.450. The molecule has 0 saturated carbocycles. The average Bonchev–Trinajstić information content (AvgIpc) is 1.38. The van der Waals surface area contributed by atoms with E-state index in [0.29, 0.717) is 5.88 Å². The second-order valence-electron chi connectivity index (χ2n) is 1.00. The number of halogens is 1. The van der Waals surface area contributed by atoms with Gasteiger partial charge in [0.2, 0.25) is 0 Å².